The zero-order chi connectivity index (χ0) is 14.5. The van der Waals surface area contributed by atoms with Crippen LogP contribution in [0.2, 0.25) is 0 Å². The van der Waals surface area contributed by atoms with Gasteiger partial charge in [-0.3, -0.25) is 4.68 Å². The van der Waals surface area contributed by atoms with Gasteiger partial charge in [0.05, 0.1) is 24.5 Å². The van der Waals surface area contributed by atoms with E-state index in [1.807, 2.05) is 41.1 Å². The lowest BCUT2D eigenvalue weighted by Crippen LogP contribution is -2.07. The van der Waals surface area contributed by atoms with Gasteiger partial charge in [0.25, 0.3) is 0 Å². The molecule has 0 aliphatic heterocycles. The van der Waals surface area contributed by atoms with Crippen LogP contribution < -0.4 is 0 Å². The van der Waals surface area contributed by atoms with Crippen molar-refractivity contribution < 1.29 is 4.74 Å². The topological polar surface area (TPSA) is 27.1 Å². The second kappa shape index (κ2) is 6.37. The highest BCUT2D eigenvalue weighted by Gasteiger charge is 2.10. The standard InChI is InChI=1S/C18H18N2O/c1-21-13-12-20-18(16-10-6-3-7-11-16)14-17(19-20)15-8-4-2-5-9-15/h2-11,14H,12-13H2,1H3. The van der Waals surface area contributed by atoms with Gasteiger partial charge in [-0.25, -0.2) is 0 Å². The van der Waals surface area contributed by atoms with Gasteiger partial charge in [-0.1, -0.05) is 60.7 Å². The van der Waals surface area contributed by atoms with Gasteiger partial charge in [0.15, 0.2) is 0 Å². The molecule has 0 fully saturated rings. The van der Waals surface area contributed by atoms with Crippen LogP contribution in [0.25, 0.3) is 22.5 Å². The first-order valence-electron chi connectivity index (χ1n) is 7.06. The molecule has 21 heavy (non-hydrogen) atoms. The van der Waals surface area contributed by atoms with Crippen LogP contribution in [0, 0.1) is 0 Å². The van der Waals surface area contributed by atoms with E-state index in [1.165, 1.54) is 5.56 Å². The van der Waals surface area contributed by atoms with Crippen LogP contribution in [0.15, 0.2) is 66.7 Å². The summed E-state index contributed by atoms with van der Waals surface area (Å²) in [4.78, 5) is 0. The molecule has 0 bridgehead atoms. The van der Waals surface area contributed by atoms with Gasteiger partial charge in [-0.2, -0.15) is 5.10 Å². The Morgan fingerprint density at radius 3 is 2.14 bits per heavy atom. The number of methoxy groups -OCH3 is 1. The maximum atomic E-state index is 5.19. The van der Waals surface area contributed by atoms with Crippen molar-refractivity contribution in [3.05, 3.63) is 66.7 Å². The van der Waals surface area contributed by atoms with Gasteiger partial charge in [0.1, 0.15) is 0 Å². The number of aromatic nitrogens is 2. The highest BCUT2D eigenvalue weighted by atomic mass is 16.5. The first kappa shape index (κ1) is 13.6. The molecule has 3 rings (SSSR count). The maximum Gasteiger partial charge on any atom is 0.0929 e. The summed E-state index contributed by atoms with van der Waals surface area (Å²) in [6.45, 7) is 1.39. The van der Waals surface area contributed by atoms with Gasteiger partial charge >= 0.3 is 0 Å². The number of benzene rings is 2. The minimum atomic E-state index is 0.649. The van der Waals surface area contributed by atoms with E-state index in [-0.39, 0.29) is 0 Å². The molecule has 0 spiro atoms. The van der Waals surface area contributed by atoms with E-state index >= 15 is 0 Å². The quantitative estimate of drug-likeness (QED) is 0.708. The average molecular weight is 278 g/mol. The number of ether oxygens (including phenoxy) is 1. The molecule has 0 unspecified atom stereocenters. The van der Waals surface area contributed by atoms with Gasteiger partial charge < -0.3 is 4.74 Å². The predicted molar refractivity (Wildman–Crippen MR) is 85.0 cm³/mol. The Hall–Kier alpha value is -2.39. The van der Waals surface area contributed by atoms with E-state index in [9.17, 15) is 0 Å². The van der Waals surface area contributed by atoms with Crippen molar-refractivity contribution in [2.24, 2.45) is 0 Å². The fourth-order valence-electron chi connectivity index (χ4n) is 2.36. The lowest BCUT2D eigenvalue weighted by atomic mass is 10.1. The smallest absolute Gasteiger partial charge is 0.0929 e. The highest BCUT2D eigenvalue weighted by molar-refractivity contribution is 5.68. The van der Waals surface area contributed by atoms with E-state index < -0.39 is 0 Å². The Morgan fingerprint density at radius 2 is 1.52 bits per heavy atom. The Labute approximate surface area is 124 Å². The molecule has 3 heteroatoms. The molecule has 0 amide bonds. The molecule has 2 aromatic carbocycles. The molecule has 0 atom stereocenters. The molecule has 0 N–H and O–H groups in total. The van der Waals surface area contributed by atoms with Crippen molar-refractivity contribution in [2.45, 2.75) is 6.54 Å². The summed E-state index contributed by atoms with van der Waals surface area (Å²) in [6, 6.07) is 22.7. The fraction of sp³-hybridized carbons (Fsp3) is 0.167. The largest absolute Gasteiger partial charge is 0.383 e. The lowest BCUT2D eigenvalue weighted by Gasteiger charge is -2.06. The lowest BCUT2D eigenvalue weighted by molar-refractivity contribution is 0.184. The Kier molecular flexibility index (Phi) is 4.12. The molecular formula is C18H18N2O. The van der Waals surface area contributed by atoms with Crippen molar-refractivity contribution in [3.8, 4) is 22.5 Å². The molecule has 0 aliphatic rings. The van der Waals surface area contributed by atoms with E-state index in [4.69, 9.17) is 9.84 Å². The monoisotopic (exact) mass is 278 g/mol. The summed E-state index contributed by atoms with van der Waals surface area (Å²) >= 11 is 0. The molecule has 0 saturated carbocycles. The summed E-state index contributed by atoms with van der Waals surface area (Å²) < 4.78 is 7.21. The van der Waals surface area contributed by atoms with Crippen LogP contribution >= 0.6 is 0 Å². The summed E-state index contributed by atoms with van der Waals surface area (Å²) in [6.07, 6.45) is 0. The third-order valence-electron chi connectivity index (χ3n) is 3.43. The predicted octanol–water partition coefficient (Wildman–Crippen LogP) is 3.86. The normalized spacial score (nSPS) is 10.7. The number of hydrogen-bond donors (Lipinski definition) is 0. The van der Waals surface area contributed by atoms with Gasteiger partial charge in [-0.05, 0) is 11.6 Å². The summed E-state index contributed by atoms with van der Waals surface area (Å²) in [5.41, 5.74) is 4.41. The van der Waals surface area contributed by atoms with Crippen molar-refractivity contribution in [1.82, 2.24) is 9.78 Å². The highest BCUT2D eigenvalue weighted by Crippen LogP contribution is 2.25. The van der Waals surface area contributed by atoms with Crippen LogP contribution in [0.3, 0.4) is 0 Å². The van der Waals surface area contributed by atoms with Crippen molar-refractivity contribution in [3.63, 3.8) is 0 Å². The van der Waals surface area contributed by atoms with E-state index in [2.05, 4.69) is 30.3 Å². The molecule has 1 heterocycles. The van der Waals surface area contributed by atoms with Gasteiger partial charge in [0.2, 0.25) is 0 Å². The molecular weight excluding hydrogens is 260 g/mol. The Balaban J connectivity index is 2.03. The number of hydrogen-bond acceptors (Lipinski definition) is 2. The van der Waals surface area contributed by atoms with E-state index in [0.29, 0.717) is 6.61 Å². The average Bonchev–Trinajstić information content (AvgIpc) is 2.99. The SMILES string of the molecule is COCCn1nc(-c2ccccc2)cc1-c1ccccc1. The zero-order valence-corrected chi connectivity index (χ0v) is 12.1. The first-order valence-corrected chi connectivity index (χ1v) is 7.06. The minimum absolute atomic E-state index is 0.649. The summed E-state index contributed by atoms with van der Waals surface area (Å²) in [7, 11) is 1.71. The maximum absolute atomic E-state index is 5.19. The van der Waals surface area contributed by atoms with Gasteiger partial charge in [-0.15, -0.1) is 0 Å². The summed E-state index contributed by atoms with van der Waals surface area (Å²) in [5, 5.41) is 4.73. The second-order valence-electron chi connectivity index (χ2n) is 4.86. The first-order chi connectivity index (χ1) is 10.4. The third-order valence-corrected chi connectivity index (χ3v) is 3.43. The van der Waals surface area contributed by atoms with Crippen LogP contribution in [-0.2, 0) is 11.3 Å². The number of rotatable bonds is 5. The van der Waals surface area contributed by atoms with Crippen molar-refractivity contribution in [2.75, 3.05) is 13.7 Å². The van der Waals surface area contributed by atoms with Crippen LogP contribution in [0.5, 0.6) is 0 Å². The molecule has 0 aliphatic carbocycles. The fourth-order valence-corrected chi connectivity index (χ4v) is 2.36. The van der Waals surface area contributed by atoms with Crippen molar-refractivity contribution >= 4 is 0 Å². The molecule has 3 aromatic rings. The molecule has 0 saturated heterocycles. The van der Waals surface area contributed by atoms with E-state index in [1.54, 1.807) is 7.11 Å². The van der Waals surface area contributed by atoms with Crippen molar-refractivity contribution in [1.29, 1.82) is 0 Å². The Morgan fingerprint density at radius 1 is 0.905 bits per heavy atom. The summed E-state index contributed by atoms with van der Waals surface area (Å²) in [5.74, 6) is 0. The molecule has 106 valence electrons. The van der Waals surface area contributed by atoms with E-state index in [0.717, 1.165) is 23.5 Å². The minimum Gasteiger partial charge on any atom is -0.383 e. The number of nitrogens with zero attached hydrogens (tertiary/aromatic N) is 2. The molecule has 3 nitrogen and oxygen atoms in total. The Bertz CT molecular complexity index is 690. The van der Waals surface area contributed by atoms with Crippen LogP contribution in [-0.4, -0.2) is 23.5 Å². The molecule has 0 radical (unpaired) electrons. The van der Waals surface area contributed by atoms with Crippen LogP contribution in [0.1, 0.15) is 0 Å². The second-order valence-corrected chi connectivity index (χ2v) is 4.86. The van der Waals surface area contributed by atoms with Crippen LogP contribution in [0.4, 0.5) is 0 Å². The van der Waals surface area contributed by atoms with Gasteiger partial charge in [0, 0.05) is 12.7 Å². The zero-order valence-electron chi connectivity index (χ0n) is 12.1. The molecule has 1 aromatic heterocycles. The third kappa shape index (κ3) is 3.03.